The molecule has 14 heavy (non-hydrogen) atoms. The monoisotopic (exact) mass is 226 g/mol. The van der Waals surface area contributed by atoms with Gasteiger partial charge in [0.2, 0.25) is 0 Å². The zero-order valence-electron chi connectivity index (χ0n) is 7.67. The number of hydrogen-bond acceptors (Lipinski definition) is 6. The van der Waals surface area contributed by atoms with Crippen LogP contribution in [0.25, 0.3) is 0 Å². The molecule has 0 spiro atoms. The predicted octanol–water partition coefficient (Wildman–Crippen LogP) is 1.50. The minimum atomic E-state index is 0.245. The van der Waals surface area contributed by atoms with Crippen LogP contribution in [0, 0.1) is 0 Å². The van der Waals surface area contributed by atoms with Gasteiger partial charge in [0.15, 0.2) is 0 Å². The first-order valence-electron chi connectivity index (χ1n) is 4.22. The number of nitrogens with one attached hydrogen (secondary N) is 1. The summed E-state index contributed by atoms with van der Waals surface area (Å²) < 4.78 is 8.22. The average molecular weight is 226 g/mol. The Morgan fingerprint density at radius 2 is 2.43 bits per heavy atom. The SMILES string of the molecule is CNC(Cc1cncs1)c1cnsn1. The highest BCUT2D eigenvalue weighted by Crippen LogP contribution is 2.18. The van der Waals surface area contributed by atoms with Crippen molar-refractivity contribution in [1.29, 1.82) is 0 Å². The summed E-state index contributed by atoms with van der Waals surface area (Å²) in [6, 6.07) is 0.245. The van der Waals surface area contributed by atoms with Crippen molar-refractivity contribution in [2.24, 2.45) is 0 Å². The molecule has 0 saturated carbocycles. The third-order valence-electron chi connectivity index (χ3n) is 1.97. The first kappa shape index (κ1) is 9.70. The van der Waals surface area contributed by atoms with E-state index in [4.69, 9.17) is 0 Å². The van der Waals surface area contributed by atoms with Crippen molar-refractivity contribution in [3.63, 3.8) is 0 Å². The van der Waals surface area contributed by atoms with Crippen LogP contribution >= 0.6 is 23.1 Å². The summed E-state index contributed by atoms with van der Waals surface area (Å²) in [5, 5.41) is 3.23. The van der Waals surface area contributed by atoms with Gasteiger partial charge < -0.3 is 5.32 Å². The Balaban J connectivity index is 2.08. The molecular formula is C8H10N4S2. The van der Waals surface area contributed by atoms with E-state index in [0.717, 1.165) is 12.1 Å². The van der Waals surface area contributed by atoms with Crippen molar-refractivity contribution >= 4 is 23.1 Å². The van der Waals surface area contributed by atoms with E-state index in [9.17, 15) is 0 Å². The molecule has 0 aliphatic carbocycles. The van der Waals surface area contributed by atoms with Crippen LogP contribution in [0.2, 0.25) is 0 Å². The summed E-state index contributed by atoms with van der Waals surface area (Å²) in [6.07, 6.45) is 4.63. The number of likely N-dealkylation sites (N-methyl/N-ethyl adjacent to an activating group) is 1. The Hall–Kier alpha value is -0.850. The molecule has 2 aromatic rings. The fourth-order valence-electron chi connectivity index (χ4n) is 1.22. The summed E-state index contributed by atoms with van der Waals surface area (Å²) in [4.78, 5) is 5.31. The Kier molecular flexibility index (Phi) is 3.18. The standard InChI is InChI=1S/C8H10N4S2/c1-9-7(8-4-11-14-12-8)2-6-3-10-5-13-6/h3-5,7,9H,2H2,1H3. The molecule has 2 rings (SSSR count). The fourth-order valence-corrected chi connectivity index (χ4v) is 2.34. The molecule has 0 radical (unpaired) electrons. The van der Waals surface area contributed by atoms with Crippen molar-refractivity contribution in [3.8, 4) is 0 Å². The lowest BCUT2D eigenvalue weighted by atomic mass is 10.1. The zero-order chi connectivity index (χ0) is 9.80. The fraction of sp³-hybridized carbons (Fsp3) is 0.375. The summed E-state index contributed by atoms with van der Waals surface area (Å²) in [5.74, 6) is 0. The molecule has 0 saturated heterocycles. The lowest BCUT2D eigenvalue weighted by molar-refractivity contribution is 0.584. The summed E-state index contributed by atoms with van der Waals surface area (Å²) in [6.45, 7) is 0. The van der Waals surface area contributed by atoms with Gasteiger partial charge in [-0.05, 0) is 7.05 Å². The molecule has 2 aromatic heterocycles. The van der Waals surface area contributed by atoms with Gasteiger partial charge in [-0.1, -0.05) is 0 Å². The van der Waals surface area contributed by atoms with Crippen LogP contribution in [0.1, 0.15) is 16.6 Å². The molecule has 6 heteroatoms. The van der Waals surface area contributed by atoms with Gasteiger partial charge in [-0.15, -0.1) is 11.3 Å². The lowest BCUT2D eigenvalue weighted by Gasteiger charge is -2.10. The maximum atomic E-state index is 4.22. The van der Waals surface area contributed by atoms with E-state index < -0.39 is 0 Å². The lowest BCUT2D eigenvalue weighted by Crippen LogP contribution is -2.18. The van der Waals surface area contributed by atoms with Crippen molar-refractivity contribution < 1.29 is 0 Å². The molecule has 74 valence electrons. The van der Waals surface area contributed by atoms with Crippen LogP contribution in [-0.2, 0) is 6.42 Å². The molecule has 0 aliphatic rings. The van der Waals surface area contributed by atoms with E-state index in [-0.39, 0.29) is 6.04 Å². The smallest absolute Gasteiger partial charge is 0.0915 e. The Labute approximate surface area is 90.4 Å². The van der Waals surface area contributed by atoms with Gasteiger partial charge in [-0.2, -0.15) is 8.75 Å². The first-order chi connectivity index (χ1) is 6.90. The topological polar surface area (TPSA) is 50.7 Å². The van der Waals surface area contributed by atoms with Gasteiger partial charge in [0.1, 0.15) is 0 Å². The predicted molar refractivity (Wildman–Crippen MR) is 57.5 cm³/mol. The molecule has 1 unspecified atom stereocenters. The van der Waals surface area contributed by atoms with Crippen LogP contribution < -0.4 is 5.32 Å². The van der Waals surface area contributed by atoms with Crippen LogP contribution in [0.3, 0.4) is 0 Å². The minimum absolute atomic E-state index is 0.245. The average Bonchev–Trinajstić information content (AvgIpc) is 2.86. The van der Waals surface area contributed by atoms with E-state index in [0.29, 0.717) is 0 Å². The third kappa shape index (κ3) is 2.14. The number of thiazole rings is 1. The van der Waals surface area contributed by atoms with E-state index in [1.807, 2.05) is 25.0 Å². The van der Waals surface area contributed by atoms with Crippen molar-refractivity contribution in [2.45, 2.75) is 12.5 Å². The Morgan fingerprint density at radius 1 is 1.50 bits per heavy atom. The van der Waals surface area contributed by atoms with E-state index in [1.165, 1.54) is 16.6 Å². The van der Waals surface area contributed by atoms with Gasteiger partial charge >= 0.3 is 0 Å². The maximum absolute atomic E-state index is 4.22. The molecule has 1 N–H and O–H groups in total. The molecule has 0 amide bonds. The molecule has 0 aromatic carbocycles. The largest absolute Gasteiger partial charge is 0.311 e. The summed E-state index contributed by atoms with van der Waals surface area (Å²) in [7, 11) is 1.94. The van der Waals surface area contributed by atoms with Crippen LogP contribution in [0.15, 0.2) is 17.9 Å². The first-order valence-corrected chi connectivity index (χ1v) is 5.83. The third-order valence-corrected chi connectivity index (χ3v) is 3.27. The summed E-state index contributed by atoms with van der Waals surface area (Å²) >= 11 is 2.91. The molecule has 0 fully saturated rings. The second-order valence-corrected chi connectivity index (χ2v) is 4.37. The number of hydrogen-bond donors (Lipinski definition) is 1. The zero-order valence-corrected chi connectivity index (χ0v) is 9.31. The van der Waals surface area contributed by atoms with Crippen LogP contribution in [-0.4, -0.2) is 20.8 Å². The van der Waals surface area contributed by atoms with Gasteiger partial charge in [0, 0.05) is 17.5 Å². The Morgan fingerprint density at radius 3 is 3.00 bits per heavy atom. The molecule has 0 bridgehead atoms. The molecule has 0 aliphatic heterocycles. The van der Waals surface area contributed by atoms with Gasteiger partial charge in [-0.3, -0.25) is 4.98 Å². The van der Waals surface area contributed by atoms with E-state index >= 15 is 0 Å². The Bertz CT molecular complexity index is 357. The van der Waals surface area contributed by atoms with E-state index in [1.54, 1.807) is 11.3 Å². The number of nitrogens with zero attached hydrogens (tertiary/aromatic N) is 3. The van der Waals surface area contributed by atoms with Gasteiger partial charge in [-0.25, -0.2) is 0 Å². The van der Waals surface area contributed by atoms with Crippen molar-refractivity contribution in [1.82, 2.24) is 19.0 Å². The quantitative estimate of drug-likeness (QED) is 0.858. The molecular weight excluding hydrogens is 216 g/mol. The summed E-state index contributed by atoms with van der Waals surface area (Å²) in [5.41, 5.74) is 2.85. The van der Waals surface area contributed by atoms with Crippen molar-refractivity contribution in [3.05, 3.63) is 28.5 Å². The number of aromatic nitrogens is 3. The second kappa shape index (κ2) is 4.59. The van der Waals surface area contributed by atoms with Crippen molar-refractivity contribution in [2.75, 3.05) is 7.05 Å². The van der Waals surface area contributed by atoms with Gasteiger partial charge in [0.25, 0.3) is 0 Å². The highest BCUT2D eigenvalue weighted by molar-refractivity contribution is 7.09. The van der Waals surface area contributed by atoms with Crippen LogP contribution in [0.4, 0.5) is 0 Å². The highest BCUT2D eigenvalue weighted by Gasteiger charge is 2.13. The molecule has 2 heterocycles. The molecule has 1 atom stereocenters. The molecule has 4 nitrogen and oxygen atoms in total. The minimum Gasteiger partial charge on any atom is -0.311 e. The van der Waals surface area contributed by atoms with Crippen LogP contribution in [0.5, 0.6) is 0 Å². The van der Waals surface area contributed by atoms with E-state index in [2.05, 4.69) is 19.0 Å². The second-order valence-electron chi connectivity index (χ2n) is 2.85. The number of rotatable bonds is 4. The van der Waals surface area contributed by atoms with Gasteiger partial charge in [0.05, 0.1) is 35.2 Å². The maximum Gasteiger partial charge on any atom is 0.0915 e. The normalized spacial score (nSPS) is 12.9. The highest BCUT2D eigenvalue weighted by atomic mass is 32.1.